The Bertz CT molecular complexity index is 962. The fraction of sp³-hybridized carbons (Fsp3) is 0.125. The van der Waals surface area contributed by atoms with Gasteiger partial charge < -0.3 is 0 Å². The van der Waals surface area contributed by atoms with Crippen LogP contribution < -0.4 is 5.56 Å². The first-order chi connectivity index (χ1) is 10.0. The second kappa shape index (κ2) is 4.01. The predicted molar refractivity (Wildman–Crippen MR) is 82.6 cm³/mol. The van der Waals surface area contributed by atoms with Gasteiger partial charge in [0.15, 0.2) is 11.5 Å². The highest BCUT2D eigenvalue weighted by Gasteiger charge is 2.42. The molecule has 21 heavy (non-hydrogen) atoms. The number of benzene rings is 2. The summed E-state index contributed by atoms with van der Waals surface area (Å²) in [5.74, 6) is 0.138. The van der Waals surface area contributed by atoms with E-state index in [9.17, 15) is 4.79 Å². The van der Waals surface area contributed by atoms with Crippen molar-refractivity contribution in [3.8, 4) is 5.69 Å². The first-order valence-electron chi connectivity index (χ1n) is 6.52. The molecule has 3 nitrogen and oxygen atoms in total. The van der Waals surface area contributed by atoms with Gasteiger partial charge >= 0.3 is 0 Å². The van der Waals surface area contributed by atoms with E-state index < -0.39 is 5.67 Å². The molecular formula is C16H10BrFN2O. The Kier molecular flexibility index (Phi) is 2.43. The number of hydrogen-bond donors (Lipinski definition) is 0. The van der Waals surface area contributed by atoms with E-state index in [1.807, 2.05) is 0 Å². The number of nitrogens with zero attached hydrogens (tertiary/aromatic N) is 2. The molecule has 1 unspecified atom stereocenters. The zero-order valence-corrected chi connectivity index (χ0v) is 12.7. The van der Waals surface area contributed by atoms with E-state index in [0.717, 1.165) is 0 Å². The minimum absolute atomic E-state index is 0.138. The van der Waals surface area contributed by atoms with Crippen molar-refractivity contribution < 1.29 is 4.39 Å². The summed E-state index contributed by atoms with van der Waals surface area (Å²) in [6, 6.07) is 12.3. The number of para-hydroxylation sites is 1. The van der Waals surface area contributed by atoms with Crippen LogP contribution in [0.2, 0.25) is 0 Å². The molecule has 0 fully saturated rings. The zero-order chi connectivity index (χ0) is 14.8. The Labute approximate surface area is 128 Å². The summed E-state index contributed by atoms with van der Waals surface area (Å²) in [6.07, 6.45) is 0. The first kappa shape index (κ1) is 12.7. The van der Waals surface area contributed by atoms with Crippen molar-refractivity contribution in [2.75, 3.05) is 0 Å². The van der Waals surface area contributed by atoms with Gasteiger partial charge in [-0.25, -0.2) is 9.37 Å². The third kappa shape index (κ3) is 1.52. The van der Waals surface area contributed by atoms with Gasteiger partial charge in [-0.2, -0.15) is 0 Å². The lowest BCUT2D eigenvalue weighted by Crippen LogP contribution is -2.25. The quantitative estimate of drug-likeness (QED) is 0.623. The average Bonchev–Trinajstić information content (AvgIpc) is 2.69. The fourth-order valence-corrected chi connectivity index (χ4v) is 3.44. The van der Waals surface area contributed by atoms with Gasteiger partial charge in [-0.1, -0.05) is 24.3 Å². The molecule has 1 aliphatic heterocycles. The van der Waals surface area contributed by atoms with Crippen molar-refractivity contribution in [1.82, 2.24) is 9.55 Å². The summed E-state index contributed by atoms with van der Waals surface area (Å²) in [5.41, 5.74) is -0.492. The van der Waals surface area contributed by atoms with Crippen LogP contribution in [0.25, 0.3) is 16.6 Å². The molecule has 1 atom stereocenters. The van der Waals surface area contributed by atoms with Crippen LogP contribution in [0.5, 0.6) is 0 Å². The molecule has 0 aliphatic carbocycles. The fourth-order valence-electron chi connectivity index (χ4n) is 2.91. The molecule has 0 N–H and O–H groups in total. The van der Waals surface area contributed by atoms with Gasteiger partial charge in [0.05, 0.1) is 16.6 Å². The smallest absolute Gasteiger partial charge is 0.267 e. The minimum atomic E-state index is -1.77. The third-order valence-electron chi connectivity index (χ3n) is 3.92. The van der Waals surface area contributed by atoms with Crippen LogP contribution >= 0.6 is 15.9 Å². The highest BCUT2D eigenvalue weighted by atomic mass is 79.9. The lowest BCUT2D eigenvalue weighted by Gasteiger charge is -2.14. The van der Waals surface area contributed by atoms with Gasteiger partial charge in [0.25, 0.3) is 5.56 Å². The summed E-state index contributed by atoms with van der Waals surface area (Å²) in [4.78, 5) is 17.2. The molecule has 1 aromatic heterocycles. The van der Waals surface area contributed by atoms with Crippen molar-refractivity contribution in [2.45, 2.75) is 12.6 Å². The summed E-state index contributed by atoms with van der Waals surface area (Å²) in [5, 5.41) is 0.466. The van der Waals surface area contributed by atoms with E-state index in [1.165, 1.54) is 11.5 Å². The molecule has 4 rings (SSSR count). The van der Waals surface area contributed by atoms with Crippen LogP contribution in [0.4, 0.5) is 4.39 Å². The van der Waals surface area contributed by atoms with E-state index in [0.29, 0.717) is 26.6 Å². The maximum absolute atomic E-state index is 15.2. The number of hydrogen-bond acceptors (Lipinski definition) is 2. The number of aromatic nitrogens is 2. The van der Waals surface area contributed by atoms with Gasteiger partial charge in [0, 0.05) is 10.0 Å². The van der Waals surface area contributed by atoms with Crippen LogP contribution in [-0.2, 0) is 5.67 Å². The van der Waals surface area contributed by atoms with Crippen molar-refractivity contribution in [2.24, 2.45) is 0 Å². The normalized spacial score (nSPS) is 19.6. The van der Waals surface area contributed by atoms with Crippen LogP contribution in [0.3, 0.4) is 0 Å². The average molecular weight is 345 g/mol. The summed E-state index contributed by atoms with van der Waals surface area (Å²) < 4.78 is 17.2. The maximum Gasteiger partial charge on any atom is 0.267 e. The van der Waals surface area contributed by atoms with E-state index in [2.05, 4.69) is 20.9 Å². The zero-order valence-electron chi connectivity index (χ0n) is 11.1. The van der Waals surface area contributed by atoms with Gasteiger partial charge in [0.1, 0.15) is 0 Å². The van der Waals surface area contributed by atoms with Crippen molar-refractivity contribution in [3.05, 3.63) is 68.7 Å². The Morgan fingerprint density at radius 2 is 1.95 bits per heavy atom. The Morgan fingerprint density at radius 3 is 2.76 bits per heavy atom. The predicted octanol–water partition coefficient (Wildman–Crippen LogP) is 3.69. The SMILES string of the molecule is CC1(F)c2ccccc2-n2c1nc1cccc(Br)c1c2=O. The number of halogens is 2. The second-order valence-electron chi connectivity index (χ2n) is 5.23. The second-order valence-corrected chi connectivity index (χ2v) is 6.08. The summed E-state index contributed by atoms with van der Waals surface area (Å²) in [6.45, 7) is 1.45. The van der Waals surface area contributed by atoms with Crippen LogP contribution in [0.1, 0.15) is 18.3 Å². The van der Waals surface area contributed by atoms with Gasteiger partial charge in [-0.3, -0.25) is 9.36 Å². The third-order valence-corrected chi connectivity index (χ3v) is 4.58. The molecule has 0 amide bonds. The monoisotopic (exact) mass is 344 g/mol. The molecule has 0 saturated carbocycles. The maximum atomic E-state index is 15.2. The van der Waals surface area contributed by atoms with Gasteiger partial charge in [-0.15, -0.1) is 0 Å². The van der Waals surface area contributed by atoms with Crippen molar-refractivity contribution >= 4 is 26.8 Å². The summed E-state index contributed by atoms with van der Waals surface area (Å²) >= 11 is 3.38. The summed E-state index contributed by atoms with van der Waals surface area (Å²) in [7, 11) is 0. The molecule has 0 spiro atoms. The van der Waals surface area contributed by atoms with Crippen molar-refractivity contribution in [1.29, 1.82) is 0 Å². The molecule has 104 valence electrons. The van der Waals surface area contributed by atoms with Crippen LogP contribution in [-0.4, -0.2) is 9.55 Å². The first-order valence-corrected chi connectivity index (χ1v) is 7.31. The molecule has 1 aliphatic rings. The number of fused-ring (bicyclic) bond motifs is 4. The highest BCUT2D eigenvalue weighted by Crippen LogP contribution is 2.42. The van der Waals surface area contributed by atoms with Crippen molar-refractivity contribution in [3.63, 3.8) is 0 Å². The Hall–Kier alpha value is -2.01. The lowest BCUT2D eigenvalue weighted by atomic mass is 9.99. The molecule has 0 saturated heterocycles. The molecule has 2 aromatic carbocycles. The minimum Gasteiger partial charge on any atom is -0.268 e. The standard InChI is InChI=1S/C16H10BrFN2O/c1-16(18)9-5-2-3-8-12(9)20-14(21)13-10(17)6-4-7-11(13)19-15(16)20/h2-8H,1H3. The Morgan fingerprint density at radius 1 is 1.19 bits per heavy atom. The molecular weight excluding hydrogens is 335 g/mol. The highest BCUT2D eigenvalue weighted by molar-refractivity contribution is 9.10. The molecule has 2 heterocycles. The van der Waals surface area contributed by atoms with Gasteiger partial charge in [0.2, 0.25) is 0 Å². The van der Waals surface area contributed by atoms with E-state index in [1.54, 1.807) is 42.5 Å². The number of rotatable bonds is 0. The lowest BCUT2D eigenvalue weighted by molar-refractivity contribution is 0.245. The van der Waals surface area contributed by atoms with Crippen LogP contribution in [0, 0.1) is 0 Å². The van der Waals surface area contributed by atoms with Gasteiger partial charge in [-0.05, 0) is 41.1 Å². The van der Waals surface area contributed by atoms with E-state index in [4.69, 9.17) is 0 Å². The van der Waals surface area contributed by atoms with E-state index >= 15 is 4.39 Å². The van der Waals surface area contributed by atoms with Crippen LogP contribution in [0.15, 0.2) is 51.7 Å². The topological polar surface area (TPSA) is 34.9 Å². The molecule has 5 heteroatoms. The molecule has 3 aromatic rings. The molecule has 0 radical (unpaired) electrons. The molecule has 0 bridgehead atoms. The van der Waals surface area contributed by atoms with E-state index in [-0.39, 0.29) is 11.4 Å². The largest absolute Gasteiger partial charge is 0.268 e. The number of alkyl halides is 1. The Balaban J connectivity index is 2.26.